The number of benzene rings is 6. The molecule has 9 rings (SSSR count). The maximum atomic E-state index is 6.27. The third-order valence-electron chi connectivity index (χ3n) is 8.28. The Morgan fingerprint density at radius 2 is 0.955 bits per heavy atom. The maximum absolute atomic E-state index is 6.27. The summed E-state index contributed by atoms with van der Waals surface area (Å²) in [6, 6.07) is 49.8. The summed E-state index contributed by atoms with van der Waals surface area (Å²) in [6.45, 7) is 0. The van der Waals surface area contributed by atoms with Gasteiger partial charge in [-0.1, -0.05) is 121 Å². The van der Waals surface area contributed by atoms with Crippen molar-refractivity contribution in [1.82, 2.24) is 19.5 Å². The van der Waals surface area contributed by atoms with Gasteiger partial charge in [-0.05, 0) is 35.4 Å². The van der Waals surface area contributed by atoms with Gasteiger partial charge in [0.05, 0.1) is 11.0 Å². The van der Waals surface area contributed by atoms with E-state index in [4.69, 9.17) is 19.4 Å². The summed E-state index contributed by atoms with van der Waals surface area (Å²) >= 11 is 0. The zero-order valence-electron chi connectivity index (χ0n) is 23.6. The monoisotopic (exact) mass is 564 g/mol. The standard InChI is InChI=1S/C39H24N4O/c1-3-11-25(12-4-1)26-19-21-28(22-20-26)38-40-37(27-13-5-2-6-14-27)41-39(42-38)43-33-17-9-7-15-29(33)31-24-36-32(23-34(31)43)30-16-8-10-18-35(30)44-36/h1-24H. The second-order valence-electron chi connectivity index (χ2n) is 10.9. The Kier molecular flexibility index (Phi) is 5.43. The fraction of sp³-hybridized carbons (Fsp3) is 0. The molecule has 0 aliphatic rings. The summed E-state index contributed by atoms with van der Waals surface area (Å²) in [5.74, 6) is 1.81. The molecule has 0 aliphatic carbocycles. The molecule has 0 saturated carbocycles. The largest absolute Gasteiger partial charge is 0.456 e. The van der Waals surface area contributed by atoms with Crippen LogP contribution in [0, 0.1) is 0 Å². The van der Waals surface area contributed by atoms with Gasteiger partial charge in [-0.2, -0.15) is 9.97 Å². The zero-order valence-corrected chi connectivity index (χ0v) is 23.6. The minimum Gasteiger partial charge on any atom is -0.456 e. The highest BCUT2D eigenvalue weighted by molar-refractivity contribution is 6.16. The fourth-order valence-electron chi connectivity index (χ4n) is 6.15. The van der Waals surface area contributed by atoms with E-state index in [2.05, 4.69) is 95.6 Å². The van der Waals surface area contributed by atoms with Crippen LogP contribution in [0.3, 0.4) is 0 Å². The van der Waals surface area contributed by atoms with Crippen LogP contribution in [0.5, 0.6) is 0 Å². The first-order chi connectivity index (χ1) is 21.8. The first-order valence-electron chi connectivity index (χ1n) is 14.6. The van der Waals surface area contributed by atoms with Gasteiger partial charge in [-0.15, -0.1) is 0 Å². The maximum Gasteiger partial charge on any atom is 0.238 e. The molecular formula is C39H24N4O. The summed E-state index contributed by atoms with van der Waals surface area (Å²) in [5.41, 5.74) is 7.95. The number of furan rings is 1. The van der Waals surface area contributed by atoms with Crippen molar-refractivity contribution in [2.45, 2.75) is 0 Å². The third kappa shape index (κ3) is 3.91. The number of nitrogens with zero attached hydrogens (tertiary/aromatic N) is 4. The van der Waals surface area contributed by atoms with Crippen molar-refractivity contribution < 1.29 is 4.42 Å². The Bertz CT molecular complexity index is 2480. The SMILES string of the molecule is c1ccc(-c2ccc(-c3nc(-c4ccccc4)nc(-n4c5ccccc5c5cc6oc7ccccc7c6cc54)n3)cc2)cc1. The summed E-state index contributed by atoms with van der Waals surface area (Å²) in [5, 5.41) is 4.34. The lowest BCUT2D eigenvalue weighted by Gasteiger charge is -2.11. The highest BCUT2D eigenvalue weighted by atomic mass is 16.3. The van der Waals surface area contributed by atoms with Crippen molar-refractivity contribution in [3.05, 3.63) is 146 Å². The van der Waals surface area contributed by atoms with Crippen molar-refractivity contribution in [3.63, 3.8) is 0 Å². The number of hydrogen-bond acceptors (Lipinski definition) is 4. The number of para-hydroxylation sites is 2. The summed E-state index contributed by atoms with van der Waals surface area (Å²) < 4.78 is 8.42. The molecule has 0 saturated heterocycles. The van der Waals surface area contributed by atoms with Gasteiger partial charge in [-0.25, -0.2) is 4.98 Å². The van der Waals surface area contributed by atoms with E-state index in [0.717, 1.165) is 60.4 Å². The average Bonchev–Trinajstić information content (AvgIpc) is 3.63. The fourth-order valence-corrected chi connectivity index (χ4v) is 6.15. The van der Waals surface area contributed by atoms with Gasteiger partial charge >= 0.3 is 0 Å². The van der Waals surface area contributed by atoms with Crippen LogP contribution in [0.15, 0.2) is 150 Å². The molecule has 0 unspecified atom stereocenters. The lowest BCUT2D eigenvalue weighted by atomic mass is 10.0. The van der Waals surface area contributed by atoms with Gasteiger partial charge in [0.2, 0.25) is 5.95 Å². The second kappa shape index (κ2) is 9.75. The first-order valence-corrected chi connectivity index (χ1v) is 14.6. The molecule has 0 fully saturated rings. The summed E-state index contributed by atoms with van der Waals surface area (Å²) in [6.07, 6.45) is 0. The van der Waals surface area contributed by atoms with Crippen LogP contribution < -0.4 is 0 Å². The Morgan fingerprint density at radius 3 is 1.70 bits per heavy atom. The van der Waals surface area contributed by atoms with E-state index in [-0.39, 0.29) is 0 Å². The number of rotatable bonds is 4. The molecule has 3 aromatic heterocycles. The Labute approximate surface area is 252 Å². The highest BCUT2D eigenvalue weighted by Gasteiger charge is 2.19. The summed E-state index contributed by atoms with van der Waals surface area (Å²) in [7, 11) is 0. The lowest BCUT2D eigenvalue weighted by Crippen LogP contribution is -2.06. The molecule has 44 heavy (non-hydrogen) atoms. The minimum atomic E-state index is 0.569. The molecule has 0 atom stereocenters. The molecule has 0 spiro atoms. The molecule has 0 bridgehead atoms. The van der Waals surface area contributed by atoms with Gasteiger partial charge in [0.15, 0.2) is 11.6 Å². The van der Waals surface area contributed by atoms with Gasteiger partial charge < -0.3 is 4.42 Å². The van der Waals surface area contributed by atoms with Gasteiger partial charge in [0.1, 0.15) is 11.2 Å². The Balaban J connectivity index is 1.31. The van der Waals surface area contributed by atoms with E-state index in [0.29, 0.717) is 17.6 Å². The third-order valence-corrected chi connectivity index (χ3v) is 8.28. The topological polar surface area (TPSA) is 56.7 Å². The van der Waals surface area contributed by atoms with Crippen LogP contribution in [0.25, 0.3) is 83.6 Å². The molecule has 206 valence electrons. The smallest absolute Gasteiger partial charge is 0.238 e. The first kappa shape index (κ1) is 24.5. The molecule has 0 N–H and O–H groups in total. The number of hydrogen-bond donors (Lipinski definition) is 0. The van der Waals surface area contributed by atoms with Gasteiger partial charge in [-0.3, -0.25) is 4.57 Å². The van der Waals surface area contributed by atoms with Crippen LogP contribution in [0.4, 0.5) is 0 Å². The van der Waals surface area contributed by atoms with E-state index in [9.17, 15) is 0 Å². The molecular weight excluding hydrogens is 540 g/mol. The van der Waals surface area contributed by atoms with E-state index >= 15 is 0 Å². The van der Waals surface area contributed by atoms with Crippen LogP contribution >= 0.6 is 0 Å². The quantitative estimate of drug-likeness (QED) is 0.213. The Morgan fingerprint density at radius 1 is 0.386 bits per heavy atom. The summed E-state index contributed by atoms with van der Waals surface area (Å²) in [4.78, 5) is 15.2. The van der Waals surface area contributed by atoms with Crippen LogP contribution in [0.2, 0.25) is 0 Å². The molecule has 0 amide bonds. The molecule has 6 aromatic carbocycles. The molecule has 5 heteroatoms. The van der Waals surface area contributed by atoms with E-state index in [1.165, 1.54) is 5.56 Å². The van der Waals surface area contributed by atoms with Crippen molar-refractivity contribution >= 4 is 43.7 Å². The van der Waals surface area contributed by atoms with Crippen LogP contribution in [-0.4, -0.2) is 19.5 Å². The highest BCUT2D eigenvalue weighted by Crippen LogP contribution is 2.38. The van der Waals surface area contributed by atoms with Crippen molar-refractivity contribution in [1.29, 1.82) is 0 Å². The Hall–Kier alpha value is -6.07. The molecule has 9 aromatic rings. The van der Waals surface area contributed by atoms with E-state index in [1.54, 1.807) is 0 Å². The predicted molar refractivity (Wildman–Crippen MR) is 178 cm³/mol. The van der Waals surface area contributed by atoms with Gasteiger partial charge in [0, 0.05) is 32.7 Å². The molecule has 3 heterocycles. The molecule has 0 aliphatic heterocycles. The van der Waals surface area contributed by atoms with Crippen LogP contribution in [-0.2, 0) is 0 Å². The van der Waals surface area contributed by atoms with Crippen LogP contribution in [0.1, 0.15) is 0 Å². The predicted octanol–water partition coefficient (Wildman–Crippen LogP) is 9.87. The van der Waals surface area contributed by atoms with Crippen molar-refractivity contribution in [2.24, 2.45) is 0 Å². The zero-order chi connectivity index (χ0) is 29.0. The second-order valence-corrected chi connectivity index (χ2v) is 10.9. The molecule has 5 nitrogen and oxygen atoms in total. The normalized spacial score (nSPS) is 11.6. The number of fused-ring (bicyclic) bond motifs is 6. The number of aromatic nitrogens is 4. The van der Waals surface area contributed by atoms with Gasteiger partial charge in [0.25, 0.3) is 0 Å². The van der Waals surface area contributed by atoms with E-state index < -0.39 is 0 Å². The minimum absolute atomic E-state index is 0.569. The van der Waals surface area contributed by atoms with Crippen molar-refractivity contribution in [3.8, 4) is 39.9 Å². The van der Waals surface area contributed by atoms with Crippen molar-refractivity contribution in [2.75, 3.05) is 0 Å². The van der Waals surface area contributed by atoms with E-state index in [1.807, 2.05) is 54.6 Å². The lowest BCUT2D eigenvalue weighted by molar-refractivity contribution is 0.669. The average molecular weight is 565 g/mol. The molecule has 0 radical (unpaired) electrons.